The Balaban J connectivity index is 2.26. The van der Waals surface area contributed by atoms with Crippen LogP contribution in [0.2, 0.25) is 0 Å². The SMILES string of the molecule is Cc1ccc(C(=O)/C(=C/N(C)C)Sc2ccc(C(F)(F)F)cn2)cc1. The van der Waals surface area contributed by atoms with Gasteiger partial charge in [0.15, 0.2) is 0 Å². The number of aryl methyl sites for hydroxylation is 1. The Morgan fingerprint density at radius 2 is 1.76 bits per heavy atom. The first kappa shape index (κ1) is 19.1. The maximum Gasteiger partial charge on any atom is 0.417 e. The van der Waals surface area contributed by atoms with E-state index in [0.29, 0.717) is 15.5 Å². The van der Waals surface area contributed by atoms with Crippen molar-refractivity contribution in [1.29, 1.82) is 0 Å². The van der Waals surface area contributed by atoms with Gasteiger partial charge < -0.3 is 4.90 Å². The molecule has 0 radical (unpaired) electrons. The van der Waals surface area contributed by atoms with E-state index < -0.39 is 11.7 Å². The average Bonchev–Trinajstić information content (AvgIpc) is 2.53. The van der Waals surface area contributed by atoms with Crippen molar-refractivity contribution < 1.29 is 18.0 Å². The van der Waals surface area contributed by atoms with Crippen LogP contribution in [0, 0.1) is 6.92 Å². The third kappa shape index (κ3) is 5.35. The van der Waals surface area contributed by atoms with Crippen LogP contribution in [0.5, 0.6) is 0 Å². The third-order valence-electron chi connectivity index (χ3n) is 3.19. The van der Waals surface area contributed by atoms with Gasteiger partial charge in [-0.15, -0.1) is 0 Å². The Bertz CT molecular complexity index is 766. The fourth-order valence-electron chi connectivity index (χ4n) is 1.93. The van der Waals surface area contributed by atoms with E-state index in [1.54, 1.807) is 37.3 Å². The van der Waals surface area contributed by atoms with Gasteiger partial charge in [-0.2, -0.15) is 13.2 Å². The molecule has 0 spiro atoms. The number of ketones is 1. The van der Waals surface area contributed by atoms with E-state index >= 15 is 0 Å². The number of halogens is 3. The first-order chi connectivity index (χ1) is 11.7. The zero-order chi connectivity index (χ0) is 18.6. The summed E-state index contributed by atoms with van der Waals surface area (Å²) in [6, 6.07) is 9.34. The first-order valence-electron chi connectivity index (χ1n) is 7.37. The van der Waals surface area contributed by atoms with Crippen LogP contribution >= 0.6 is 11.8 Å². The number of allylic oxidation sites excluding steroid dienone is 1. The molecule has 0 bridgehead atoms. The maximum atomic E-state index is 12.7. The fraction of sp³-hybridized carbons (Fsp3) is 0.222. The number of thioether (sulfide) groups is 1. The summed E-state index contributed by atoms with van der Waals surface area (Å²) in [5.74, 6) is -0.208. The topological polar surface area (TPSA) is 33.2 Å². The predicted molar refractivity (Wildman–Crippen MR) is 92.4 cm³/mol. The standard InChI is InChI=1S/C18H17F3N2OS/c1-12-4-6-13(7-5-12)17(24)15(11-23(2)3)25-16-9-8-14(10-22-16)18(19,20)21/h4-11H,1-3H3/b15-11-. The zero-order valence-electron chi connectivity index (χ0n) is 14.0. The highest BCUT2D eigenvalue weighted by molar-refractivity contribution is 8.04. The first-order valence-corrected chi connectivity index (χ1v) is 8.19. The maximum absolute atomic E-state index is 12.7. The Morgan fingerprint density at radius 1 is 1.12 bits per heavy atom. The molecule has 1 aromatic carbocycles. The highest BCUT2D eigenvalue weighted by atomic mass is 32.2. The van der Waals surface area contributed by atoms with Crippen molar-refractivity contribution in [3.05, 3.63) is 70.4 Å². The molecule has 0 amide bonds. The van der Waals surface area contributed by atoms with E-state index in [9.17, 15) is 18.0 Å². The molecule has 0 unspecified atom stereocenters. The molecule has 1 aromatic heterocycles. The largest absolute Gasteiger partial charge is 0.417 e. The van der Waals surface area contributed by atoms with Gasteiger partial charge in [0.05, 0.1) is 10.5 Å². The van der Waals surface area contributed by atoms with Crippen molar-refractivity contribution in [1.82, 2.24) is 9.88 Å². The molecule has 2 aromatic rings. The molecule has 0 aliphatic rings. The number of aromatic nitrogens is 1. The quantitative estimate of drug-likeness (QED) is 0.433. The Labute approximate surface area is 148 Å². The van der Waals surface area contributed by atoms with E-state index in [2.05, 4.69) is 4.98 Å². The second-order valence-corrected chi connectivity index (χ2v) is 6.70. The lowest BCUT2D eigenvalue weighted by Crippen LogP contribution is -2.09. The molecule has 0 N–H and O–H groups in total. The number of rotatable bonds is 5. The summed E-state index contributed by atoms with van der Waals surface area (Å²) in [5, 5.41) is 0.321. The number of alkyl halides is 3. The van der Waals surface area contributed by atoms with Gasteiger partial charge in [0.1, 0.15) is 5.03 Å². The molecule has 7 heteroatoms. The van der Waals surface area contributed by atoms with Crippen LogP contribution in [0.25, 0.3) is 0 Å². The van der Waals surface area contributed by atoms with Crippen molar-refractivity contribution in [2.24, 2.45) is 0 Å². The van der Waals surface area contributed by atoms with Crippen LogP contribution in [0.4, 0.5) is 13.2 Å². The van der Waals surface area contributed by atoms with Gasteiger partial charge in [0, 0.05) is 32.1 Å². The number of carbonyl (C=O) groups excluding carboxylic acids is 1. The highest BCUT2D eigenvalue weighted by Crippen LogP contribution is 2.32. The lowest BCUT2D eigenvalue weighted by molar-refractivity contribution is -0.137. The monoisotopic (exact) mass is 366 g/mol. The Hall–Kier alpha value is -2.28. The summed E-state index contributed by atoms with van der Waals surface area (Å²) in [6.45, 7) is 1.92. The number of carbonyl (C=O) groups is 1. The minimum absolute atomic E-state index is 0.208. The smallest absolute Gasteiger partial charge is 0.382 e. The predicted octanol–water partition coefficient (Wildman–Crippen LogP) is 4.79. The number of nitrogens with zero attached hydrogens (tertiary/aromatic N) is 2. The normalized spacial score (nSPS) is 12.2. The number of pyridine rings is 1. The van der Waals surface area contributed by atoms with Gasteiger partial charge >= 0.3 is 6.18 Å². The minimum atomic E-state index is -4.43. The lowest BCUT2D eigenvalue weighted by atomic mass is 10.1. The molecule has 132 valence electrons. The highest BCUT2D eigenvalue weighted by Gasteiger charge is 2.30. The molecule has 2 rings (SSSR count). The molecular formula is C18H17F3N2OS. The molecule has 1 heterocycles. The molecule has 0 saturated heterocycles. The van der Waals surface area contributed by atoms with E-state index in [-0.39, 0.29) is 5.78 Å². The van der Waals surface area contributed by atoms with Gasteiger partial charge in [0.2, 0.25) is 5.78 Å². The van der Waals surface area contributed by atoms with Crippen LogP contribution in [-0.2, 0) is 6.18 Å². The molecule has 0 aliphatic carbocycles. The van der Waals surface area contributed by atoms with Crippen molar-refractivity contribution in [2.45, 2.75) is 18.1 Å². The van der Waals surface area contributed by atoms with E-state index in [1.807, 2.05) is 19.1 Å². The van der Waals surface area contributed by atoms with Gasteiger partial charge in [-0.1, -0.05) is 41.6 Å². The van der Waals surface area contributed by atoms with Crippen molar-refractivity contribution in [3.63, 3.8) is 0 Å². The molecule has 0 atom stereocenters. The van der Waals surface area contributed by atoms with Gasteiger partial charge in [-0.05, 0) is 19.1 Å². The third-order valence-corrected chi connectivity index (χ3v) is 4.15. The number of benzene rings is 1. The summed E-state index contributed by atoms with van der Waals surface area (Å²) in [5.41, 5.74) is 0.727. The van der Waals surface area contributed by atoms with Crippen LogP contribution in [0.1, 0.15) is 21.5 Å². The molecule has 25 heavy (non-hydrogen) atoms. The van der Waals surface area contributed by atoms with E-state index in [1.165, 1.54) is 6.07 Å². The summed E-state index contributed by atoms with van der Waals surface area (Å²) < 4.78 is 37.9. The summed E-state index contributed by atoms with van der Waals surface area (Å²) in [4.78, 5) is 18.6. The second kappa shape index (κ2) is 7.74. The lowest BCUT2D eigenvalue weighted by Gasteiger charge is -2.12. The van der Waals surface area contributed by atoms with Crippen LogP contribution in [0.15, 0.2) is 58.7 Å². The van der Waals surface area contributed by atoms with Crippen molar-refractivity contribution in [3.8, 4) is 0 Å². The average molecular weight is 366 g/mol. The molecule has 3 nitrogen and oxygen atoms in total. The van der Waals surface area contributed by atoms with Crippen molar-refractivity contribution in [2.75, 3.05) is 14.1 Å². The minimum Gasteiger partial charge on any atom is -0.382 e. The number of hydrogen-bond donors (Lipinski definition) is 0. The number of hydrogen-bond acceptors (Lipinski definition) is 4. The Morgan fingerprint density at radius 3 is 2.24 bits per heavy atom. The zero-order valence-corrected chi connectivity index (χ0v) is 14.8. The van der Waals surface area contributed by atoms with Gasteiger partial charge in [-0.3, -0.25) is 4.79 Å². The summed E-state index contributed by atoms with van der Waals surface area (Å²) in [7, 11) is 3.53. The van der Waals surface area contributed by atoms with Crippen molar-refractivity contribution >= 4 is 17.5 Å². The second-order valence-electron chi connectivity index (χ2n) is 5.64. The van der Waals surface area contributed by atoms with Gasteiger partial charge in [0.25, 0.3) is 0 Å². The number of Topliss-reactive ketones (excluding diaryl/α,β-unsaturated/α-hetero) is 1. The van der Waals surface area contributed by atoms with Crippen LogP contribution in [0.3, 0.4) is 0 Å². The fourth-order valence-corrected chi connectivity index (χ4v) is 2.87. The van der Waals surface area contributed by atoms with E-state index in [4.69, 9.17) is 0 Å². The molecule has 0 saturated carbocycles. The molecular weight excluding hydrogens is 349 g/mol. The van der Waals surface area contributed by atoms with Crippen LogP contribution < -0.4 is 0 Å². The van der Waals surface area contributed by atoms with Gasteiger partial charge in [-0.25, -0.2) is 4.98 Å². The summed E-state index contributed by atoms with van der Waals surface area (Å²) in [6.07, 6.45) is -2.03. The van der Waals surface area contributed by atoms with E-state index in [0.717, 1.165) is 29.6 Å². The molecule has 0 fully saturated rings. The Kier molecular flexibility index (Phi) is 5.89. The molecule has 0 aliphatic heterocycles. The van der Waals surface area contributed by atoms with Crippen LogP contribution in [-0.4, -0.2) is 29.8 Å². The summed E-state index contributed by atoms with van der Waals surface area (Å²) >= 11 is 1.03.